The van der Waals surface area contributed by atoms with Gasteiger partial charge in [-0.05, 0) is 6.92 Å². The molecule has 0 aliphatic heterocycles. The molecule has 0 amide bonds. The topological polar surface area (TPSA) is 74.2 Å². The Balaban J connectivity index is 0.000000550. The fourth-order valence-corrected chi connectivity index (χ4v) is 1.83. The van der Waals surface area contributed by atoms with Crippen molar-refractivity contribution in [1.82, 2.24) is 15.0 Å². The molecular weight excluding hydrogens is 266 g/mol. The summed E-state index contributed by atoms with van der Waals surface area (Å²) in [6.07, 6.45) is 5.49. The van der Waals surface area contributed by atoms with E-state index >= 15 is 0 Å². The minimum absolute atomic E-state index is 0.429. The zero-order valence-corrected chi connectivity index (χ0v) is 11.8. The van der Waals surface area contributed by atoms with Gasteiger partial charge in [0, 0.05) is 20.4 Å². The molecule has 2 rings (SSSR count). The van der Waals surface area contributed by atoms with Crippen LogP contribution in [0.3, 0.4) is 0 Å². The first kappa shape index (κ1) is 15.2. The molecule has 0 saturated carbocycles. The van der Waals surface area contributed by atoms with Crippen LogP contribution in [0.5, 0.6) is 5.88 Å². The molecule has 0 aliphatic rings. The molecule has 0 unspecified atom stereocenters. The number of rotatable bonds is 4. The predicted molar refractivity (Wildman–Crippen MR) is 72.6 cm³/mol. The first-order valence-corrected chi connectivity index (χ1v) is 6.33. The van der Waals surface area contributed by atoms with E-state index in [4.69, 9.17) is 4.74 Å². The van der Waals surface area contributed by atoms with Gasteiger partial charge >= 0.3 is 0 Å². The third-order valence-electron chi connectivity index (χ3n) is 1.78. The van der Waals surface area contributed by atoms with Crippen LogP contribution in [0.15, 0.2) is 18.6 Å². The number of thiazole rings is 1. The summed E-state index contributed by atoms with van der Waals surface area (Å²) >= 11 is 1.28. The molecule has 2 heterocycles. The molecule has 2 aromatic heterocycles. The van der Waals surface area contributed by atoms with Crippen molar-refractivity contribution in [2.75, 3.05) is 20.8 Å². The molecule has 0 aliphatic carbocycles. The van der Waals surface area contributed by atoms with Crippen molar-refractivity contribution in [2.45, 2.75) is 6.92 Å². The van der Waals surface area contributed by atoms with Crippen LogP contribution in [0.4, 0.5) is 0 Å². The third-order valence-corrected chi connectivity index (χ3v) is 2.73. The van der Waals surface area contributed by atoms with Gasteiger partial charge in [-0.25, -0.2) is 9.97 Å². The molecule has 0 aromatic carbocycles. The maximum atomic E-state index is 10.5. The molecule has 0 fully saturated rings. The highest BCUT2D eigenvalue weighted by atomic mass is 32.1. The molecule has 0 bridgehead atoms. The van der Waals surface area contributed by atoms with Gasteiger partial charge in [0.1, 0.15) is 5.69 Å². The van der Waals surface area contributed by atoms with Gasteiger partial charge in [-0.2, -0.15) is 0 Å². The molecule has 7 heteroatoms. The van der Waals surface area contributed by atoms with E-state index in [2.05, 4.69) is 19.7 Å². The highest BCUT2D eigenvalue weighted by molar-refractivity contribution is 7.16. The molecular formula is C12H15N3O3S. The lowest BCUT2D eigenvalue weighted by atomic mass is 10.4. The number of nitrogens with zero attached hydrogens (tertiary/aromatic N) is 3. The maximum absolute atomic E-state index is 10.5. The Labute approximate surface area is 115 Å². The van der Waals surface area contributed by atoms with E-state index in [1.807, 2.05) is 6.92 Å². The van der Waals surface area contributed by atoms with E-state index < -0.39 is 0 Å². The smallest absolute Gasteiger partial charge is 0.232 e. The standard InChI is InChI=1S/C10H9N3O2S.C2H6O/c1-2-15-9-5-11-3-7(13-9)8-4-12-10(6-14)16-8;1-3-2/h3-6H,2H2,1H3;1-2H3. The number of hydrogen-bond acceptors (Lipinski definition) is 7. The van der Waals surface area contributed by atoms with Crippen molar-refractivity contribution < 1.29 is 14.3 Å². The van der Waals surface area contributed by atoms with E-state index in [-0.39, 0.29) is 0 Å². The average Bonchev–Trinajstić information content (AvgIpc) is 2.89. The lowest BCUT2D eigenvalue weighted by Gasteiger charge is -2.01. The van der Waals surface area contributed by atoms with Gasteiger partial charge in [-0.1, -0.05) is 0 Å². The molecule has 0 radical (unpaired) electrons. The van der Waals surface area contributed by atoms with Gasteiger partial charge in [0.05, 0.1) is 23.9 Å². The summed E-state index contributed by atoms with van der Waals surface area (Å²) in [5.74, 6) is 0.473. The van der Waals surface area contributed by atoms with Crippen molar-refractivity contribution in [1.29, 1.82) is 0 Å². The van der Waals surface area contributed by atoms with Crippen LogP contribution in [-0.4, -0.2) is 42.1 Å². The van der Waals surface area contributed by atoms with E-state index in [0.29, 0.717) is 29.5 Å². The Morgan fingerprint density at radius 2 is 2.05 bits per heavy atom. The molecule has 0 N–H and O–H groups in total. The number of carbonyl (C=O) groups is 1. The van der Waals surface area contributed by atoms with Crippen LogP contribution in [0.2, 0.25) is 0 Å². The molecule has 0 atom stereocenters. The van der Waals surface area contributed by atoms with Gasteiger partial charge < -0.3 is 9.47 Å². The zero-order valence-electron chi connectivity index (χ0n) is 11.0. The molecule has 2 aromatic rings. The van der Waals surface area contributed by atoms with Gasteiger partial charge in [0.15, 0.2) is 11.3 Å². The Kier molecular flexibility index (Phi) is 6.62. The van der Waals surface area contributed by atoms with Crippen LogP contribution in [0, 0.1) is 0 Å². The Morgan fingerprint density at radius 3 is 2.63 bits per heavy atom. The third kappa shape index (κ3) is 4.72. The van der Waals surface area contributed by atoms with E-state index in [1.165, 1.54) is 11.3 Å². The van der Waals surface area contributed by atoms with E-state index in [1.54, 1.807) is 32.8 Å². The van der Waals surface area contributed by atoms with Crippen LogP contribution in [0.1, 0.15) is 16.7 Å². The summed E-state index contributed by atoms with van der Waals surface area (Å²) in [5.41, 5.74) is 0.663. The second-order valence-corrected chi connectivity index (χ2v) is 4.33. The lowest BCUT2D eigenvalue weighted by molar-refractivity contribution is 0.112. The second kappa shape index (κ2) is 8.28. The maximum Gasteiger partial charge on any atom is 0.232 e. The largest absolute Gasteiger partial charge is 0.477 e. The number of carbonyl (C=O) groups excluding carboxylic acids is 1. The monoisotopic (exact) mass is 281 g/mol. The van der Waals surface area contributed by atoms with Crippen molar-refractivity contribution >= 4 is 17.6 Å². The summed E-state index contributed by atoms with van der Waals surface area (Å²) in [7, 11) is 3.25. The Bertz CT molecular complexity index is 516. The number of hydrogen-bond donors (Lipinski definition) is 0. The van der Waals surface area contributed by atoms with Gasteiger partial charge in [-0.15, -0.1) is 11.3 Å². The Hall–Kier alpha value is -1.86. The summed E-state index contributed by atoms with van der Waals surface area (Å²) in [5, 5.41) is 0.429. The summed E-state index contributed by atoms with van der Waals surface area (Å²) in [4.78, 5) is 23.5. The molecule has 19 heavy (non-hydrogen) atoms. The number of ether oxygens (including phenoxy) is 2. The van der Waals surface area contributed by atoms with Crippen LogP contribution < -0.4 is 4.74 Å². The van der Waals surface area contributed by atoms with E-state index in [0.717, 1.165) is 4.88 Å². The molecule has 0 spiro atoms. The van der Waals surface area contributed by atoms with Gasteiger partial charge in [-0.3, -0.25) is 9.78 Å². The first-order valence-electron chi connectivity index (χ1n) is 5.51. The normalized spacial score (nSPS) is 9.42. The first-order chi connectivity index (χ1) is 9.24. The predicted octanol–water partition coefficient (Wildman–Crippen LogP) is 2.07. The van der Waals surface area contributed by atoms with Crippen molar-refractivity contribution in [3.05, 3.63) is 23.6 Å². The van der Waals surface area contributed by atoms with Crippen molar-refractivity contribution in [2.24, 2.45) is 0 Å². The fraction of sp³-hybridized carbons (Fsp3) is 0.333. The second-order valence-electron chi connectivity index (χ2n) is 3.26. The number of aromatic nitrogens is 3. The van der Waals surface area contributed by atoms with Crippen LogP contribution >= 0.6 is 11.3 Å². The lowest BCUT2D eigenvalue weighted by Crippen LogP contribution is -1.95. The minimum atomic E-state index is 0.429. The zero-order chi connectivity index (χ0) is 14.1. The summed E-state index contributed by atoms with van der Waals surface area (Å²) < 4.78 is 9.49. The highest BCUT2D eigenvalue weighted by Gasteiger charge is 2.06. The Morgan fingerprint density at radius 1 is 1.32 bits per heavy atom. The summed E-state index contributed by atoms with van der Waals surface area (Å²) in [6.45, 7) is 2.42. The van der Waals surface area contributed by atoms with Gasteiger partial charge in [0.25, 0.3) is 0 Å². The molecule has 0 saturated heterocycles. The highest BCUT2D eigenvalue weighted by Crippen LogP contribution is 2.24. The van der Waals surface area contributed by atoms with E-state index in [9.17, 15) is 4.79 Å². The molecule has 102 valence electrons. The fourth-order valence-electron chi connectivity index (χ4n) is 1.14. The summed E-state index contributed by atoms with van der Waals surface area (Å²) in [6, 6.07) is 0. The van der Waals surface area contributed by atoms with Crippen LogP contribution in [-0.2, 0) is 4.74 Å². The number of aldehydes is 1. The SMILES string of the molecule is CCOc1cncc(-c2cnc(C=O)s2)n1.COC. The van der Waals surface area contributed by atoms with Crippen LogP contribution in [0.25, 0.3) is 10.6 Å². The minimum Gasteiger partial charge on any atom is -0.477 e. The van der Waals surface area contributed by atoms with Gasteiger partial charge in [0.2, 0.25) is 5.88 Å². The quantitative estimate of drug-likeness (QED) is 0.799. The van der Waals surface area contributed by atoms with Crippen molar-refractivity contribution in [3.63, 3.8) is 0 Å². The molecule has 6 nitrogen and oxygen atoms in total. The average molecular weight is 281 g/mol. The van der Waals surface area contributed by atoms with Crippen molar-refractivity contribution in [3.8, 4) is 16.5 Å². The number of methoxy groups -OCH3 is 1.